The normalized spacial score (nSPS) is 11.2. The lowest BCUT2D eigenvalue weighted by Crippen LogP contribution is -1.96. The SMILES string of the molecule is C=Cc1ccc([N+](=O)[O-])c(-c2ccc3c(ccc4oc5ccccc5c43)c2)c1C=C. The first-order valence-electron chi connectivity index (χ1n) is 9.53. The molecule has 0 radical (unpaired) electrons. The fourth-order valence-electron chi connectivity index (χ4n) is 4.19. The minimum atomic E-state index is -0.355. The van der Waals surface area contributed by atoms with Gasteiger partial charge in [0.05, 0.1) is 10.5 Å². The molecule has 0 saturated carbocycles. The molecular weight excluding hydrogens is 374 g/mol. The Morgan fingerprint density at radius 1 is 0.867 bits per heavy atom. The Balaban J connectivity index is 1.84. The van der Waals surface area contributed by atoms with Gasteiger partial charge in [0, 0.05) is 16.8 Å². The third-order valence-electron chi connectivity index (χ3n) is 5.52. The summed E-state index contributed by atoms with van der Waals surface area (Å²) in [6.45, 7) is 7.70. The van der Waals surface area contributed by atoms with Crippen LogP contribution < -0.4 is 0 Å². The zero-order chi connectivity index (χ0) is 20.8. The summed E-state index contributed by atoms with van der Waals surface area (Å²) in [4.78, 5) is 11.4. The second-order valence-corrected chi connectivity index (χ2v) is 7.10. The Kier molecular flexibility index (Phi) is 4.00. The second kappa shape index (κ2) is 6.71. The first-order chi connectivity index (χ1) is 14.6. The maximum Gasteiger partial charge on any atom is 0.277 e. The lowest BCUT2D eigenvalue weighted by atomic mass is 9.91. The molecule has 1 heterocycles. The molecular formula is C26H17NO3. The number of nitrogens with zero attached hydrogens (tertiary/aromatic N) is 1. The molecule has 0 aliphatic rings. The second-order valence-electron chi connectivity index (χ2n) is 7.10. The van der Waals surface area contributed by atoms with E-state index in [1.807, 2.05) is 54.6 Å². The van der Waals surface area contributed by atoms with Crippen molar-refractivity contribution in [2.45, 2.75) is 0 Å². The minimum Gasteiger partial charge on any atom is -0.456 e. The molecule has 0 aliphatic heterocycles. The molecule has 0 amide bonds. The average Bonchev–Trinajstić information content (AvgIpc) is 3.16. The molecule has 4 nitrogen and oxygen atoms in total. The van der Waals surface area contributed by atoms with Gasteiger partial charge in [-0.05, 0) is 51.7 Å². The zero-order valence-corrected chi connectivity index (χ0v) is 16.1. The van der Waals surface area contributed by atoms with Crippen LogP contribution in [0, 0.1) is 10.1 Å². The molecule has 144 valence electrons. The summed E-state index contributed by atoms with van der Waals surface area (Å²) >= 11 is 0. The number of furan rings is 1. The van der Waals surface area contributed by atoms with Crippen LogP contribution in [0.4, 0.5) is 5.69 Å². The van der Waals surface area contributed by atoms with Crippen molar-refractivity contribution < 1.29 is 9.34 Å². The number of benzene rings is 4. The van der Waals surface area contributed by atoms with Gasteiger partial charge in [-0.3, -0.25) is 10.1 Å². The first-order valence-corrected chi connectivity index (χ1v) is 9.53. The fraction of sp³-hybridized carbons (Fsp3) is 0. The van der Waals surface area contributed by atoms with E-state index in [4.69, 9.17) is 4.42 Å². The van der Waals surface area contributed by atoms with Gasteiger partial charge in [0.15, 0.2) is 0 Å². The van der Waals surface area contributed by atoms with E-state index in [2.05, 4.69) is 13.2 Å². The van der Waals surface area contributed by atoms with Gasteiger partial charge in [-0.2, -0.15) is 0 Å². The summed E-state index contributed by atoms with van der Waals surface area (Å²) in [5.74, 6) is 0. The van der Waals surface area contributed by atoms with Crippen LogP contribution in [0.1, 0.15) is 11.1 Å². The predicted octanol–water partition coefficient (Wildman–Crippen LogP) is 7.60. The van der Waals surface area contributed by atoms with Crippen LogP contribution in [-0.2, 0) is 0 Å². The maximum atomic E-state index is 11.7. The quantitative estimate of drug-likeness (QED) is 0.234. The molecule has 0 N–H and O–H groups in total. The van der Waals surface area contributed by atoms with Crippen molar-refractivity contribution in [1.29, 1.82) is 0 Å². The van der Waals surface area contributed by atoms with Crippen molar-refractivity contribution in [3.63, 3.8) is 0 Å². The van der Waals surface area contributed by atoms with Crippen LogP contribution in [0.2, 0.25) is 0 Å². The van der Waals surface area contributed by atoms with E-state index in [9.17, 15) is 10.1 Å². The van der Waals surface area contributed by atoms with Crippen molar-refractivity contribution in [1.82, 2.24) is 0 Å². The molecule has 0 saturated heterocycles. The topological polar surface area (TPSA) is 56.3 Å². The summed E-state index contributed by atoms with van der Waals surface area (Å²) in [5.41, 5.74) is 4.53. The Morgan fingerprint density at radius 2 is 1.70 bits per heavy atom. The van der Waals surface area contributed by atoms with Gasteiger partial charge >= 0.3 is 0 Å². The van der Waals surface area contributed by atoms with Crippen LogP contribution in [0.5, 0.6) is 0 Å². The highest BCUT2D eigenvalue weighted by Gasteiger charge is 2.21. The van der Waals surface area contributed by atoms with E-state index in [0.717, 1.165) is 43.8 Å². The van der Waals surface area contributed by atoms with Crippen LogP contribution in [0.3, 0.4) is 0 Å². The third-order valence-corrected chi connectivity index (χ3v) is 5.52. The molecule has 4 aromatic carbocycles. The van der Waals surface area contributed by atoms with Crippen LogP contribution in [-0.4, -0.2) is 4.92 Å². The monoisotopic (exact) mass is 391 g/mol. The molecule has 4 heteroatoms. The highest BCUT2D eigenvalue weighted by molar-refractivity contribution is 6.19. The minimum absolute atomic E-state index is 0.0460. The highest BCUT2D eigenvalue weighted by atomic mass is 16.6. The summed E-state index contributed by atoms with van der Waals surface area (Å²) in [7, 11) is 0. The van der Waals surface area contributed by atoms with Gasteiger partial charge in [0.1, 0.15) is 11.2 Å². The fourth-order valence-corrected chi connectivity index (χ4v) is 4.19. The van der Waals surface area contributed by atoms with Gasteiger partial charge in [-0.25, -0.2) is 0 Å². The van der Waals surface area contributed by atoms with Crippen molar-refractivity contribution >= 4 is 50.6 Å². The lowest BCUT2D eigenvalue weighted by molar-refractivity contribution is -0.384. The van der Waals surface area contributed by atoms with E-state index in [0.29, 0.717) is 11.1 Å². The standard InChI is InChI=1S/C26H17NO3/c1-3-16-10-13-22(27(28)29)25(19(16)4-2)18-9-12-20-17(15-18)11-14-24-26(20)21-7-5-6-8-23(21)30-24/h3-15H,1-2H2. The molecule has 5 aromatic rings. The lowest BCUT2D eigenvalue weighted by Gasteiger charge is -2.12. The summed E-state index contributed by atoms with van der Waals surface area (Å²) in [6, 6.07) is 21.0. The number of fused-ring (bicyclic) bond motifs is 5. The summed E-state index contributed by atoms with van der Waals surface area (Å²) in [6.07, 6.45) is 3.34. The van der Waals surface area contributed by atoms with Gasteiger partial charge < -0.3 is 4.42 Å². The van der Waals surface area contributed by atoms with Crippen molar-refractivity contribution in [2.24, 2.45) is 0 Å². The summed E-state index contributed by atoms with van der Waals surface area (Å²) in [5, 5.41) is 15.9. The van der Waals surface area contributed by atoms with E-state index in [-0.39, 0.29) is 10.6 Å². The molecule has 1 aromatic heterocycles. The summed E-state index contributed by atoms with van der Waals surface area (Å²) < 4.78 is 5.98. The van der Waals surface area contributed by atoms with Crippen LogP contribution in [0.15, 0.2) is 84.3 Å². The van der Waals surface area contributed by atoms with Crippen LogP contribution >= 0.6 is 0 Å². The molecule has 0 bridgehead atoms. The molecule has 0 spiro atoms. The molecule has 5 rings (SSSR count). The molecule has 0 unspecified atom stereocenters. The van der Waals surface area contributed by atoms with E-state index in [1.54, 1.807) is 18.2 Å². The number of para-hydroxylation sites is 1. The van der Waals surface area contributed by atoms with Crippen molar-refractivity contribution in [3.05, 3.63) is 101 Å². The highest BCUT2D eigenvalue weighted by Crippen LogP contribution is 2.40. The van der Waals surface area contributed by atoms with Crippen molar-refractivity contribution in [3.8, 4) is 11.1 Å². The Bertz CT molecular complexity index is 1510. The smallest absolute Gasteiger partial charge is 0.277 e. The van der Waals surface area contributed by atoms with Gasteiger partial charge in [0.2, 0.25) is 0 Å². The Morgan fingerprint density at radius 3 is 2.47 bits per heavy atom. The maximum absolute atomic E-state index is 11.7. The predicted molar refractivity (Wildman–Crippen MR) is 123 cm³/mol. The number of nitro benzene ring substituents is 1. The number of hydrogen-bond donors (Lipinski definition) is 0. The van der Waals surface area contributed by atoms with Crippen molar-refractivity contribution in [2.75, 3.05) is 0 Å². The van der Waals surface area contributed by atoms with E-state index >= 15 is 0 Å². The first kappa shape index (κ1) is 17.9. The Hall–Kier alpha value is -4.18. The van der Waals surface area contributed by atoms with Gasteiger partial charge in [-0.1, -0.05) is 61.7 Å². The molecule has 0 atom stereocenters. The number of hydrogen-bond acceptors (Lipinski definition) is 3. The molecule has 0 aliphatic carbocycles. The molecule has 0 fully saturated rings. The largest absolute Gasteiger partial charge is 0.456 e. The van der Waals surface area contributed by atoms with Crippen LogP contribution in [0.25, 0.3) is 56.0 Å². The zero-order valence-electron chi connectivity index (χ0n) is 16.1. The van der Waals surface area contributed by atoms with Gasteiger partial charge in [-0.15, -0.1) is 0 Å². The number of nitro groups is 1. The number of rotatable bonds is 4. The third kappa shape index (κ3) is 2.54. The Labute approximate surface area is 172 Å². The van der Waals surface area contributed by atoms with Gasteiger partial charge in [0.25, 0.3) is 5.69 Å². The van der Waals surface area contributed by atoms with E-state index < -0.39 is 0 Å². The molecule has 30 heavy (non-hydrogen) atoms. The van der Waals surface area contributed by atoms with E-state index in [1.165, 1.54) is 6.07 Å². The average molecular weight is 391 g/mol.